The molecule has 22 heavy (non-hydrogen) atoms. The summed E-state index contributed by atoms with van der Waals surface area (Å²) in [4.78, 5) is 23.4. The Hall–Kier alpha value is -2.83. The van der Waals surface area contributed by atoms with E-state index < -0.39 is 11.9 Å². The molecule has 0 radical (unpaired) electrons. The Morgan fingerprint density at radius 2 is 2.14 bits per heavy atom. The first-order valence-corrected chi connectivity index (χ1v) is 6.64. The van der Waals surface area contributed by atoms with Crippen LogP contribution in [0.4, 0.5) is 0 Å². The van der Waals surface area contributed by atoms with E-state index >= 15 is 0 Å². The predicted octanol–water partition coefficient (Wildman–Crippen LogP) is 1.62. The Bertz CT molecular complexity index is 709. The van der Waals surface area contributed by atoms with Gasteiger partial charge in [-0.15, -0.1) is 0 Å². The van der Waals surface area contributed by atoms with Gasteiger partial charge in [0.25, 0.3) is 5.91 Å². The fourth-order valence-corrected chi connectivity index (χ4v) is 2.08. The lowest BCUT2D eigenvalue weighted by atomic mass is 10.1. The number of aromatic carboxylic acids is 1. The largest absolute Gasteiger partial charge is 0.497 e. The van der Waals surface area contributed by atoms with Gasteiger partial charge in [0.1, 0.15) is 5.75 Å². The fraction of sp³-hybridized carbons (Fsp3) is 0.267. The quantitative estimate of drug-likeness (QED) is 0.875. The van der Waals surface area contributed by atoms with E-state index in [0.29, 0.717) is 5.75 Å². The van der Waals surface area contributed by atoms with Gasteiger partial charge in [-0.05, 0) is 24.6 Å². The average molecular weight is 303 g/mol. The highest BCUT2D eigenvalue weighted by Crippen LogP contribution is 2.19. The van der Waals surface area contributed by atoms with E-state index in [1.807, 2.05) is 31.2 Å². The lowest BCUT2D eigenvalue weighted by Crippen LogP contribution is -2.27. The van der Waals surface area contributed by atoms with Crippen LogP contribution in [0.3, 0.4) is 0 Å². The summed E-state index contributed by atoms with van der Waals surface area (Å²) >= 11 is 0. The molecule has 0 saturated carbocycles. The molecule has 1 atom stereocenters. The highest BCUT2D eigenvalue weighted by Gasteiger charge is 2.22. The molecule has 0 fully saturated rings. The minimum Gasteiger partial charge on any atom is -0.497 e. The molecule has 2 aromatic rings. The number of aromatic nitrogens is 2. The summed E-state index contributed by atoms with van der Waals surface area (Å²) in [5.74, 6) is -1.04. The van der Waals surface area contributed by atoms with Gasteiger partial charge in [0.15, 0.2) is 5.69 Å². The van der Waals surface area contributed by atoms with Crippen LogP contribution in [0.15, 0.2) is 30.5 Å². The first kappa shape index (κ1) is 15.6. The number of nitrogens with one attached hydrogen (secondary N) is 1. The van der Waals surface area contributed by atoms with Crippen molar-refractivity contribution in [2.24, 2.45) is 7.05 Å². The number of carbonyl (C=O) groups is 2. The number of benzene rings is 1. The second-order valence-electron chi connectivity index (χ2n) is 4.84. The minimum absolute atomic E-state index is 0.0322. The topological polar surface area (TPSA) is 93.5 Å². The number of hydrogen-bond donors (Lipinski definition) is 2. The van der Waals surface area contributed by atoms with Crippen molar-refractivity contribution in [3.05, 3.63) is 47.3 Å². The first-order chi connectivity index (χ1) is 10.4. The Labute approximate surface area is 127 Å². The van der Waals surface area contributed by atoms with Crippen molar-refractivity contribution in [3.8, 4) is 5.75 Å². The van der Waals surface area contributed by atoms with Crippen molar-refractivity contribution in [2.75, 3.05) is 7.11 Å². The molecule has 1 aromatic heterocycles. The third-order valence-electron chi connectivity index (χ3n) is 3.22. The van der Waals surface area contributed by atoms with Gasteiger partial charge in [0.2, 0.25) is 0 Å². The molecule has 0 aliphatic heterocycles. The molecule has 7 nitrogen and oxygen atoms in total. The van der Waals surface area contributed by atoms with E-state index in [2.05, 4.69) is 10.4 Å². The standard InChI is InChI=1S/C15H17N3O4/c1-9(10-5-4-6-11(7-10)22-3)16-14(19)12-8-18(2)17-13(12)15(20)21/h4-9H,1-3H3,(H,16,19)(H,20,21). The summed E-state index contributed by atoms with van der Waals surface area (Å²) in [7, 11) is 3.13. The zero-order chi connectivity index (χ0) is 16.3. The smallest absolute Gasteiger partial charge is 0.357 e. The van der Waals surface area contributed by atoms with E-state index in [1.165, 1.54) is 10.9 Å². The van der Waals surface area contributed by atoms with Gasteiger partial charge in [-0.2, -0.15) is 5.10 Å². The maximum atomic E-state index is 12.3. The molecule has 0 aliphatic carbocycles. The zero-order valence-electron chi connectivity index (χ0n) is 12.5. The SMILES string of the molecule is COc1cccc(C(C)NC(=O)c2cn(C)nc2C(=O)O)c1. The number of nitrogens with zero attached hydrogens (tertiary/aromatic N) is 2. The van der Waals surface area contributed by atoms with Crippen LogP contribution in [0.25, 0.3) is 0 Å². The van der Waals surface area contributed by atoms with Gasteiger partial charge in [-0.1, -0.05) is 12.1 Å². The number of methoxy groups -OCH3 is 1. The van der Waals surface area contributed by atoms with Crippen LogP contribution < -0.4 is 10.1 Å². The third-order valence-corrected chi connectivity index (χ3v) is 3.22. The second kappa shape index (κ2) is 6.30. The Morgan fingerprint density at radius 1 is 1.41 bits per heavy atom. The summed E-state index contributed by atoms with van der Waals surface area (Å²) in [6.07, 6.45) is 1.39. The third kappa shape index (κ3) is 3.25. The zero-order valence-corrected chi connectivity index (χ0v) is 12.5. The molecule has 7 heteroatoms. The molecular weight excluding hydrogens is 286 g/mol. The van der Waals surface area contributed by atoms with Crippen LogP contribution >= 0.6 is 0 Å². The summed E-state index contributed by atoms with van der Waals surface area (Å²) in [5.41, 5.74) is 0.621. The van der Waals surface area contributed by atoms with Crippen LogP contribution in [-0.2, 0) is 7.05 Å². The number of carboxylic acid groups (broad SMARTS) is 1. The fourth-order valence-electron chi connectivity index (χ4n) is 2.08. The van der Waals surface area contributed by atoms with Gasteiger partial charge < -0.3 is 15.2 Å². The van der Waals surface area contributed by atoms with Crippen molar-refractivity contribution in [3.63, 3.8) is 0 Å². The van der Waals surface area contributed by atoms with Crippen molar-refractivity contribution in [2.45, 2.75) is 13.0 Å². The number of amides is 1. The maximum absolute atomic E-state index is 12.3. The van der Waals surface area contributed by atoms with Gasteiger partial charge >= 0.3 is 5.97 Å². The van der Waals surface area contributed by atoms with Crippen LogP contribution in [0.5, 0.6) is 5.75 Å². The van der Waals surface area contributed by atoms with Crippen LogP contribution in [0, 0.1) is 0 Å². The molecule has 0 aliphatic rings. The minimum atomic E-state index is -1.24. The maximum Gasteiger partial charge on any atom is 0.357 e. The molecule has 1 unspecified atom stereocenters. The summed E-state index contributed by atoms with van der Waals surface area (Å²) in [5, 5.41) is 15.6. The first-order valence-electron chi connectivity index (χ1n) is 6.64. The van der Waals surface area contributed by atoms with E-state index in [1.54, 1.807) is 14.2 Å². The number of carbonyl (C=O) groups excluding carboxylic acids is 1. The molecule has 2 N–H and O–H groups in total. The summed E-state index contributed by atoms with van der Waals surface area (Å²) in [6.45, 7) is 1.81. The van der Waals surface area contributed by atoms with Crippen LogP contribution in [-0.4, -0.2) is 33.9 Å². The molecular formula is C15H17N3O4. The van der Waals surface area contributed by atoms with Crippen molar-refractivity contribution >= 4 is 11.9 Å². The van der Waals surface area contributed by atoms with Gasteiger partial charge in [-0.25, -0.2) is 4.79 Å². The molecule has 0 saturated heterocycles. The lowest BCUT2D eigenvalue weighted by molar-refractivity contribution is 0.0683. The Morgan fingerprint density at radius 3 is 2.77 bits per heavy atom. The second-order valence-corrected chi connectivity index (χ2v) is 4.84. The molecule has 1 amide bonds. The Balaban J connectivity index is 2.19. The molecule has 116 valence electrons. The molecule has 2 rings (SSSR count). The molecule has 0 bridgehead atoms. The van der Waals surface area contributed by atoms with Crippen molar-refractivity contribution < 1.29 is 19.4 Å². The normalized spacial score (nSPS) is 11.8. The summed E-state index contributed by atoms with van der Waals surface area (Å²) < 4.78 is 6.44. The van der Waals surface area contributed by atoms with Gasteiger partial charge in [0, 0.05) is 13.2 Å². The van der Waals surface area contributed by atoms with E-state index in [9.17, 15) is 9.59 Å². The molecule has 1 heterocycles. The number of carboxylic acids is 1. The number of rotatable bonds is 5. The van der Waals surface area contributed by atoms with Crippen LogP contribution in [0.1, 0.15) is 39.4 Å². The van der Waals surface area contributed by atoms with Crippen molar-refractivity contribution in [1.29, 1.82) is 0 Å². The summed E-state index contributed by atoms with van der Waals surface area (Å²) in [6, 6.07) is 7.00. The number of ether oxygens (including phenoxy) is 1. The highest BCUT2D eigenvalue weighted by molar-refractivity contribution is 6.03. The monoisotopic (exact) mass is 303 g/mol. The molecule has 1 aromatic carbocycles. The Kier molecular flexibility index (Phi) is 4.45. The van der Waals surface area contributed by atoms with Gasteiger partial charge in [0.05, 0.1) is 18.7 Å². The number of aryl methyl sites for hydroxylation is 1. The van der Waals surface area contributed by atoms with Gasteiger partial charge in [-0.3, -0.25) is 9.48 Å². The molecule has 0 spiro atoms. The van der Waals surface area contributed by atoms with E-state index in [0.717, 1.165) is 5.56 Å². The average Bonchev–Trinajstić information content (AvgIpc) is 2.89. The van der Waals surface area contributed by atoms with Crippen LogP contribution in [0.2, 0.25) is 0 Å². The van der Waals surface area contributed by atoms with Crippen molar-refractivity contribution in [1.82, 2.24) is 15.1 Å². The predicted molar refractivity (Wildman–Crippen MR) is 79.0 cm³/mol. The highest BCUT2D eigenvalue weighted by atomic mass is 16.5. The lowest BCUT2D eigenvalue weighted by Gasteiger charge is -2.14. The number of hydrogen-bond acceptors (Lipinski definition) is 4. The van der Waals surface area contributed by atoms with E-state index in [-0.39, 0.29) is 17.3 Å². The van der Waals surface area contributed by atoms with E-state index in [4.69, 9.17) is 9.84 Å².